The molecule has 0 aliphatic heterocycles. The summed E-state index contributed by atoms with van der Waals surface area (Å²) in [6.07, 6.45) is 1.79. The van der Waals surface area contributed by atoms with Crippen molar-refractivity contribution in [1.82, 2.24) is 0 Å². The van der Waals surface area contributed by atoms with Crippen molar-refractivity contribution in [2.75, 3.05) is 0 Å². The number of Topliss-reactive ketones (excluding diaryl/α,β-unsaturated/α-hetero) is 1. The van der Waals surface area contributed by atoms with Gasteiger partial charge in [-0.2, -0.15) is 0 Å². The van der Waals surface area contributed by atoms with Crippen LogP contribution in [0.25, 0.3) is 10.4 Å². The van der Waals surface area contributed by atoms with Gasteiger partial charge in [-0.15, -0.1) is 11.3 Å². The number of carbonyl (C=O) groups is 1. The summed E-state index contributed by atoms with van der Waals surface area (Å²) >= 11 is 7.99. The number of carbonyl (C=O) groups excluding carboxylic acids is 1. The minimum atomic E-state index is 0.106. The van der Waals surface area contributed by atoms with Crippen LogP contribution in [0.15, 0.2) is 24.3 Å². The second-order valence-corrected chi connectivity index (χ2v) is 7.35. The lowest BCUT2D eigenvalue weighted by atomic mass is 9.94. The molecule has 0 spiro atoms. The van der Waals surface area contributed by atoms with E-state index in [1.165, 1.54) is 16.9 Å². The van der Waals surface area contributed by atoms with Crippen LogP contribution in [-0.4, -0.2) is 5.78 Å². The number of halogens is 1. The molecule has 0 fully saturated rings. The molecule has 2 rings (SSSR count). The van der Waals surface area contributed by atoms with Crippen molar-refractivity contribution in [2.45, 2.75) is 40.5 Å². The quantitative estimate of drug-likeness (QED) is 0.614. The highest BCUT2D eigenvalue weighted by Gasteiger charge is 2.23. The molecular weight excluding hydrogens is 300 g/mol. The monoisotopic (exact) mass is 320 g/mol. The fourth-order valence-electron chi connectivity index (χ4n) is 2.64. The molecule has 0 saturated heterocycles. The molecule has 0 unspecified atom stereocenters. The SMILES string of the molecule is CCc1ccccc1-c1sc(Cl)c(CC(C)C)c1C(C)=O. The van der Waals surface area contributed by atoms with Crippen LogP contribution < -0.4 is 0 Å². The molecule has 0 aliphatic rings. The number of ketones is 1. The van der Waals surface area contributed by atoms with E-state index in [0.29, 0.717) is 5.92 Å². The molecule has 112 valence electrons. The zero-order chi connectivity index (χ0) is 15.6. The second-order valence-electron chi connectivity index (χ2n) is 5.72. The van der Waals surface area contributed by atoms with Gasteiger partial charge in [0.2, 0.25) is 0 Å². The molecule has 0 saturated carbocycles. The van der Waals surface area contributed by atoms with Crippen LogP contribution in [0.2, 0.25) is 4.34 Å². The van der Waals surface area contributed by atoms with Gasteiger partial charge in [0.15, 0.2) is 5.78 Å². The highest BCUT2D eigenvalue weighted by Crippen LogP contribution is 2.42. The number of thiophene rings is 1. The summed E-state index contributed by atoms with van der Waals surface area (Å²) in [5, 5.41) is 0. The molecule has 2 aromatic rings. The van der Waals surface area contributed by atoms with E-state index in [0.717, 1.165) is 38.7 Å². The smallest absolute Gasteiger partial charge is 0.161 e. The van der Waals surface area contributed by atoms with Crippen molar-refractivity contribution in [3.8, 4) is 10.4 Å². The summed E-state index contributed by atoms with van der Waals surface area (Å²) in [6.45, 7) is 8.08. The third-order valence-electron chi connectivity index (χ3n) is 3.57. The van der Waals surface area contributed by atoms with Crippen LogP contribution in [0.4, 0.5) is 0 Å². The molecule has 0 aliphatic carbocycles. The van der Waals surface area contributed by atoms with E-state index in [4.69, 9.17) is 11.6 Å². The van der Waals surface area contributed by atoms with Crippen molar-refractivity contribution in [3.63, 3.8) is 0 Å². The molecule has 21 heavy (non-hydrogen) atoms. The molecular formula is C18H21ClOS. The topological polar surface area (TPSA) is 17.1 Å². The third-order valence-corrected chi connectivity index (χ3v) is 5.08. The first-order chi connectivity index (χ1) is 9.95. The predicted molar refractivity (Wildman–Crippen MR) is 92.7 cm³/mol. The van der Waals surface area contributed by atoms with Gasteiger partial charge in [0, 0.05) is 10.4 Å². The van der Waals surface area contributed by atoms with Crippen molar-refractivity contribution in [1.29, 1.82) is 0 Å². The normalized spacial score (nSPS) is 11.1. The number of aryl methyl sites for hydroxylation is 1. The van der Waals surface area contributed by atoms with Gasteiger partial charge in [-0.3, -0.25) is 4.79 Å². The van der Waals surface area contributed by atoms with Crippen LogP contribution in [0.1, 0.15) is 49.2 Å². The standard InChI is InChI=1S/C18H21ClOS/c1-5-13-8-6-7-9-14(13)17-16(12(4)20)15(10-11(2)3)18(19)21-17/h6-9,11H,5,10H2,1-4H3. The zero-order valence-electron chi connectivity index (χ0n) is 13.0. The van der Waals surface area contributed by atoms with Gasteiger partial charge >= 0.3 is 0 Å². The summed E-state index contributed by atoms with van der Waals surface area (Å²) in [7, 11) is 0. The summed E-state index contributed by atoms with van der Waals surface area (Å²) in [5.74, 6) is 0.583. The maximum atomic E-state index is 12.2. The average Bonchev–Trinajstić information content (AvgIpc) is 2.75. The first kappa shape index (κ1) is 16.3. The van der Waals surface area contributed by atoms with Crippen LogP contribution in [0.5, 0.6) is 0 Å². The number of hydrogen-bond acceptors (Lipinski definition) is 2. The Hall–Kier alpha value is -1.12. The predicted octanol–water partition coefficient (Wildman–Crippen LogP) is 6.03. The van der Waals surface area contributed by atoms with Crippen LogP contribution in [0.3, 0.4) is 0 Å². The lowest BCUT2D eigenvalue weighted by Gasteiger charge is -2.10. The molecule has 0 bridgehead atoms. The van der Waals surface area contributed by atoms with Gasteiger partial charge in [-0.05, 0) is 42.4 Å². The Bertz CT molecular complexity index is 655. The Balaban J connectivity index is 2.66. The maximum Gasteiger partial charge on any atom is 0.161 e. The summed E-state index contributed by atoms with van der Waals surface area (Å²) in [4.78, 5) is 13.2. The molecule has 0 atom stereocenters. The Morgan fingerprint density at radius 3 is 2.52 bits per heavy atom. The molecule has 1 aromatic carbocycles. The Kier molecular flexibility index (Phi) is 5.23. The largest absolute Gasteiger partial charge is 0.294 e. The van der Waals surface area contributed by atoms with E-state index in [-0.39, 0.29) is 5.78 Å². The highest BCUT2D eigenvalue weighted by atomic mass is 35.5. The first-order valence-corrected chi connectivity index (χ1v) is 8.55. The molecule has 3 heteroatoms. The summed E-state index contributed by atoms with van der Waals surface area (Å²) in [5.41, 5.74) is 4.24. The lowest BCUT2D eigenvalue weighted by molar-refractivity contribution is 0.101. The van der Waals surface area contributed by atoms with E-state index in [1.807, 2.05) is 12.1 Å². The van der Waals surface area contributed by atoms with Crippen LogP contribution in [-0.2, 0) is 12.8 Å². The molecule has 0 radical (unpaired) electrons. The number of rotatable bonds is 5. The highest BCUT2D eigenvalue weighted by molar-refractivity contribution is 7.20. The molecule has 1 aromatic heterocycles. The third kappa shape index (κ3) is 3.38. The van der Waals surface area contributed by atoms with E-state index in [9.17, 15) is 4.79 Å². The second kappa shape index (κ2) is 6.76. The minimum Gasteiger partial charge on any atom is -0.294 e. The maximum absolute atomic E-state index is 12.2. The lowest BCUT2D eigenvalue weighted by Crippen LogP contribution is -2.02. The van der Waals surface area contributed by atoms with Crippen LogP contribution in [0, 0.1) is 5.92 Å². The van der Waals surface area contributed by atoms with Gasteiger partial charge in [-0.1, -0.05) is 56.6 Å². The van der Waals surface area contributed by atoms with Crippen LogP contribution >= 0.6 is 22.9 Å². The van der Waals surface area contributed by atoms with Crippen molar-refractivity contribution in [2.24, 2.45) is 5.92 Å². The number of benzene rings is 1. The minimum absolute atomic E-state index is 0.106. The fraction of sp³-hybridized carbons (Fsp3) is 0.389. The number of hydrogen-bond donors (Lipinski definition) is 0. The van der Waals surface area contributed by atoms with Gasteiger partial charge < -0.3 is 0 Å². The average molecular weight is 321 g/mol. The van der Waals surface area contributed by atoms with E-state index in [2.05, 4.69) is 32.9 Å². The first-order valence-electron chi connectivity index (χ1n) is 7.36. The Morgan fingerprint density at radius 1 is 1.29 bits per heavy atom. The molecule has 1 nitrogen and oxygen atoms in total. The zero-order valence-corrected chi connectivity index (χ0v) is 14.6. The Morgan fingerprint density at radius 2 is 1.95 bits per heavy atom. The summed E-state index contributed by atoms with van der Waals surface area (Å²) < 4.78 is 0.759. The molecule has 0 amide bonds. The molecule has 1 heterocycles. The van der Waals surface area contributed by atoms with Gasteiger partial charge in [-0.25, -0.2) is 0 Å². The van der Waals surface area contributed by atoms with Gasteiger partial charge in [0.25, 0.3) is 0 Å². The van der Waals surface area contributed by atoms with Crippen molar-refractivity contribution < 1.29 is 4.79 Å². The van der Waals surface area contributed by atoms with Gasteiger partial charge in [0.1, 0.15) is 0 Å². The molecule has 0 N–H and O–H groups in total. The van der Waals surface area contributed by atoms with Crippen molar-refractivity contribution in [3.05, 3.63) is 45.3 Å². The van der Waals surface area contributed by atoms with E-state index < -0.39 is 0 Å². The van der Waals surface area contributed by atoms with E-state index >= 15 is 0 Å². The van der Waals surface area contributed by atoms with Crippen molar-refractivity contribution >= 4 is 28.7 Å². The summed E-state index contributed by atoms with van der Waals surface area (Å²) in [6, 6.07) is 8.27. The van der Waals surface area contributed by atoms with Gasteiger partial charge in [0.05, 0.1) is 4.34 Å². The Labute approximate surface area is 136 Å². The van der Waals surface area contributed by atoms with E-state index in [1.54, 1.807) is 6.92 Å². The fourth-order valence-corrected chi connectivity index (χ4v) is 4.21.